The lowest BCUT2D eigenvalue weighted by Crippen LogP contribution is -1.98. The van der Waals surface area contributed by atoms with E-state index in [1.807, 2.05) is 0 Å². The van der Waals surface area contributed by atoms with Crippen LogP contribution in [0.3, 0.4) is 0 Å². The number of imidazole rings is 1. The zero-order chi connectivity index (χ0) is 39.1. The molecule has 0 aliphatic rings. The first kappa shape index (κ1) is 34.4. The summed E-state index contributed by atoms with van der Waals surface area (Å²) in [6, 6.07) is 83.0. The number of aromatic nitrogens is 2. The molecule has 11 rings (SSSR count). The molecular weight excluding hydrogens is 713 g/mol. The van der Waals surface area contributed by atoms with Gasteiger partial charge >= 0.3 is 0 Å². The molecular formula is C57H38N2. The van der Waals surface area contributed by atoms with Crippen LogP contribution in [-0.4, -0.2) is 9.55 Å². The quantitative estimate of drug-likeness (QED) is 0.148. The summed E-state index contributed by atoms with van der Waals surface area (Å²) in [5, 5.41) is 4.97. The van der Waals surface area contributed by atoms with Crippen LogP contribution in [0, 0.1) is 0 Å². The van der Waals surface area contributed by atoms with E-state index in [1.54, 1.807) is 0 Å². The van der Waals surface area contributed by atoms with Crippen LogP contribution < -0.4 is 0 Å². The Balaban J connectivity index is 1.05. The molecule has 1 heterocycles. The Morgan fingerprint density at radius 2 is 0.695 bits per heavy atom. The van der Waals surface area contributed by atoms with Gasteiger partial charge in [0.25, 0.3) is 0 Å². The molecule has 0 atom stereocenters. The fourth-order valence-electron chi connectivity index (χ4n) is 8.79. The van der Waals surface area contributed by atoms with E-state index in [9.17, 15) is 0 Å². The van der Waals surface area contributed by atoms with Crippen LogP contribution in [0.5, 0.6) is 0 Å². The zero-order valence-electron chi connectivity index (χ0n) is 32.3. The highest BCUT2D eigenvalue weighted by atomic mass is 15.1. The Hall–Kier alpha value is -7.81. The van der Waals surface area contributed by atoms with Crippen LogP contribution in [0.2, 0.25) is 0 Å². The minimum atomic E-state index is 0.919. The molecule has 0 bridgehead atoms. The highest BCUT2D eigenvalue weighted by molar-refractivity contribution is 6.22. The summed E-state index contributed by atoms with van der Waals surface area (Å²) < 4.78 is 2.29. The number of fused-ring (bicyclic) bond motifs is 3. The second kappa shape index (κ2) is 14.6. The molecule has 10 aromatic carbocycles. The van der Waals surface area contributed by atoms with Gasteiger partial charge in [-0.2, -0.15) is 0 Å². The summed E-state index contributed by atoms with van der Waals surface area (Å²) in [5.74, 6) is 0.919. The fourth-order valence-corrected chi connectivity index (χ4v) is 8.79. The molecule has 276 valence electrons. The molecule has 11 aromatic rings. The number of rotatable bonds is 7. The van der Waals surface area contributed by atoms with Gasteiger partial charge in [0.2, 0.25) is 0 Å². The van der Waals surface area contributed by atoms with Crippen LogP contribution >= 0.6 is 0 Å². The lowest BCUT2D eigenvalue weighted by Gasteiger charge is -2.19. The smallest absolute Gasteiger partial charge is 0.145 e. The van der Waals surface area contributed by atoms with E-state index in [1.165, 1.54) is 71.6 Å². The normalized spacial score (nSPS) is 11.4. The van der Waals surface area contributed by atoms with Crippen molar-refractivity contribution < 1.29 is 0 Å². The van der Waals surface area contributed by atoms with E-state index < -0.39 is 0 Å². The van der Waals surface area contributed by atoms with Gasteiger partial charge in [0.15, 0.2) is 0 Å². The topological polar surface area (TPSA) is 17.8 Å². The molecule has 0 radical (unpaired) electrons. The average molecular weight is 751 g/mol. The van der Waals surface area contributed by atoms with Crippen LogP contribution in [0.25, 0.3) is 105 Å². The Morgan fingerprint density at radius 3 is 1.37 bits per heavy atom. The number of hydrogen-bond acceptors (Lipinski definition) is 1. The molecule has 0 aliphatic heterocycles. The molecule has 59 heavy (non-hydrogen) atoms. The van der Waals surface area contributed by atoms with Crippen molar-refractivity contribution in [3.63, 3.8) is 0 Å². The van der Waals surface area contributed by atoms with Gasteiger partial charge < -0.3 is 0 Å². The third kappa shape index (κ3) is 6.19. The first-order valence-corrected chi connectivity index (χ1v) is 20.2. The van der Waals surface area contributed by atoms with Gasteiger partial charge in [-0.15, -0.1) is 0 Å². The maximum Gasteiger partial charge on any atom is 0.145 e. The van der Waals surface area contributed by atoms with Gasteiger partial charge in [-0.25, -0.2) is 4.98 Å². The Bertz CT molecular complexity index is 3270. The monoisotopic (exact) mass is 750 g/mol. The van der Waals surface area contributed by atoms with Crippen molar-refractivity contribution in [2.75, 3.05) is 0 Å². The Morgan fingerprint density at radius 1 is 0.271 bits per heavy atom. The zero-order valence-corrected chi connectivity index (χ0v) is 32.3. The summed E-state index contributed by atoms with van der Waals surface area (Å²) in [6.45, 7) is 0. The number of nitrogens with zero attached hydrogens (tertiary/aromatic N) is 2. The minimum Gasteiger partial charge on any atom is -0.292 e. The van der Waals surface area contributed by atoms with Gasteiger partial charge in [-0.05, 0) is 108 Å². The molecule has 1 aromatic heterocycles. The predicted octanol–water partition coefficient (Wildman–Crippen LogP) is 15.3. The molecule has 0 saturated carbocycles. The van der Waals surface area contributed by atoms with E-state index in [0.29, 0.717) is 0 Å². The lowest BCUT2D eigenvalue weighted by molar-refractivity contribution is 1.10. The van der Waals surface area contributed by atoms with E-state index in [-0.39, 0.29) is 0 Å². The third-order valence-electron chi connectivity index (χ3n) is 11.6. The summed E-state index contributed by atoms with van der Waals surface area (Å²) in [7, 11) is 0. The van der Waals surface area contributed by atoms with Crippen molar-refractivity contribution in [1.29, 1.82) is 0 Å². The molecule has 2 nitrogen and oxygen atoms in total. The molecule has 0 saturated heterocycles. The summed E-state index contributed by atoms with van der Waals surface area (Å²) in [6.07, 6.45) is 0. The maximum atomic E-state index is 5.20. The van der Waals surface area contributed by atoms with E-state index in [2.05, 4.69) is 235 Å². The predicted molar refractivity (Wildman–Crippen MR) is 249 cm³/mol. The van der Waals surface area contributed by atoms with Gasteiger partial charge in [0.05, 0.1) is 11.0 Å². The van der Waals surface area contributed by atoms with Gasteiger partial charge in [-0.1, -0.05) is 200 Å². The van der Waals surface area contributed by atoms with E-state index in [4.69, 9.17) is 4.98 Å². The van der Waals surface area contributed by atoms with E-state index >= 15 is 0 Å². The second-order valence-electron chi connectivity index (χ2n) is 15.1. The number of benzene rings is 10. The first-order valence-electron chi connectivity index (χ1n) is 20.2. The minimum absolute atomic E-state index is 0.919. The standard InChI is InChI=1S/C57H38N2/c1-4-15-39(16-5-1)41-27-31-44(32-28-41)55-49-23-10-11-24-50(49)56(43-19-8-3-9-20-43)52-38-47(35-36-51(52)55)42-29-33-45(34-30-42)57-58-53-25-12-13-26-54(53)59(57)48-22-14-21-46(37-48)40-17-6-2-7-18-40/h1-38H. The largest absolute Gasteiger partial charge is 0.292 e. The Kier molecular flexibility index (Phi) is 8.52. The molecule has 0 aliphatic carbocycles. The van der Waals surface area contributed by atoms with Gasteiger partial charge in [0.1, 0.15) is 5.82 Å². The van der Waals surface area contributed by atoms with Crippen LogP contribution in [0.4, 0.5) is 0 Å². The van der Waals surface area contributed by atoms with Crippen LogP contribution in [0.15, 0.2) is 231 Å². The summed E-state index contributed by atoms with van der Waals surface area (Å²) >= 11 is 0. The van der Waals surface area contributed by atoms with Gasteiger partial charge in [0, 0.05) is 11.3 Å². The van der Waals surface area contributed by atoms with E-state index in [0.717, 1.165) is 33.7 Å². The first-order chi connectivity index (χ1) is 29.3. The maximum absolute atomic E-state index is 5.20. The van der Waals surface area contributed by atoms with Crippen molar-refractivity contribution >= 4 is 32.6 Å². The molecule has 0 spiro atoms. The average Bonchev–Trinajstić information content (AvgIpc) is 3.71. The molecule has 0 N–H and O–H groups in total. The van der Waals surface area contributed by atoms with Crippen molar-refractivity contribution in [3.05, 3.63) is 231 Å². The molecule has 0 amide bonds. The number of hydrogen-bond donors (Lipinski definition) is 0. The summed E-state index contributed by atoms with van der Waals surface area (Å²) in [4.78, 5) is 5.20. The summed E-state index contributed by atoms with van der Waals surface area (Å²) in [5.41, 5.74) is 16.3. The molecule has 0 fully saturated rings. The Labute approximate surface area is 344 Å². The highest BCUT2D eigenvalue weighted by Crippen LogP contribution is 2.45. The van der Waals surface area contributed by atoms with Gasteiger partial charge in [-0.3, -0.25) is 4.57 Å². The third-order valence-corrected chi connectivity index (χ3v) is 11.6. The number of para-hydroxylation sites is 2. The van der Waals surface area contributed by atoms with Crippen molar-refractivity contribution in [1.82, 2.24) is 9.55 Å². The SMILES string of the molecule is c1ccc(-c2ccc(-c3c4ccccc4c(-c4ccccc4)c4cc(-c5ccc(-c6nc7ccccc7n6-c6cccc(-c7ccccc7)c6)cc5)ccc34)cc2)cc1. The second-order valence-corrected chi connectivity index (χ2v) is 15.1. The van der Waals surface area contributed by atoms with Crippen molar-refractivity contribution in [2.24, 2.45) is 0 Å². The van der Waals surface area contributed by atoms with Crippen molar-refractivity contribution in [2.45, 2.75) is 0 Å². The molecule has 0 unspecified atom stereocenters. The highest BCUT2D eigenvalue weighted by Gasteiger charge is 2.19. The van der Waals surface area contributed by atoms with Crippen molar-refractivity contribution in [3.8, 4) is 72.7 Å². The molecule has 2 heteroatoms. The fraction of sp³-hybridized carbons (Fsp3) is 0. The van der Waals surface area contributed by atoms with Crippen LogP contribution in [-0.2, 0) is 0 Å². The van der Waals surface area contributed by atoms with Crippen LogP contribution in [0.1, 0.15) is 0 Å². The lowest BCUT2D eigenvalue weighted by atomic mass is 9.84.